The van der Waals surface area contributed by atoms with Crippen LogP contribution in [-0.2, 0) is 0 Å². The van der Waals surface area contributed by atoms with Crippen LogP contribution in [0, 0.1) is 10.5 Å². The first-order valence-electron chi connectivity index (χ1n) is 5.44. The molecule has 0 spiro atoms. The number of carbonyl (C=O) groups excluding carboxylic acids is 1. The SMILES string of the molecule is Cc1cc(I)ccc1NC(=O)Nc1ccc(=O)[nH]n1. The number of carbonyl (C=O) groups is 1. The van der Waals surface area contributed by atoms with Gasteiger partial charge in [-0.2, -0.15) is 5.10 Å². The number of amides is 2. The summed E-state index contributed by atoms with van der Waals surface area (Å²) in [5.41, 5.74) is 1.37. The molecular weight excluding hydrogens is 359 g/mol. The highest BCUT2D eigenvalue weighted by molar-refractivity contribution is 14.1. The van der Waals surface area contributed by atoms with Crippen molar-refractivity contribution < 1.29 is 4.79 Å². The van der Waals surface area contributed by atoms with Crippen LogP contribution < -0.4 is 16.2 Å². The highest BCUT2D eigenvalue weighted by Gasteiger charge is 2.05. The Hall–Kier alpha value is -1.90. The van der Waals surface area contributed by atoms with Crippen LogP contribution in [0.25, 0.3) is 0 Å². The molecule has 0 aliphatic rings. The first-order chi connectivity index (χ1) is 9.04. The van der Waals surface area contributed by atoms with Gasteiger partial charge in [0.2, 0.25) is 0 Å². The highest BCUT2D eigenvalue weighted by atomic mass is 127. The number of anilines is 2. The lowest BCUT2D eigenvalue weighted by Gasteiger charge is -2.09. The summed E-state index contributed by atoms with van der Waals surface area (Å²) in [7, 11) is 0. The van der Waals surface area contributed by atoms with E-state index in [0.29, 0.717) is 0 Å². The molecule has 0 saturated carbocycles. The number of nitrogens with one attached hydrogen (secondary N) is 3. The fraction of sp³-hybridized carbons (Fsp3) is 0.0833. The van der Waals surface area contributed by atoms with E-state index in [2.05, 4.69) is 43.4 Å². The molecule has 1 aromatic carbocycles. The zero-order valence-corrected chi connectivity index (χ0v) is 12.2. The van der Waals surface area contributed by atoms with E-state index < -0.39 is 6.03 Å². The molecule has 0 aliphatic heterocycles. The molecule has 0 bridgehead atoms. The third-order valence-corrected chi connectivity index (χ3v) is 3.03. The summed E-state index contributed by atoms with van der Waals surface area (Å²) in [4.78, 5) is 22.6. The van der Waals surface area contributed by atoms with Gasteiger partial charge in [-0.1, -0.05) is 0 Å². The van der Waals surface area contributed by atoms with Crippen LogP contribution in [0.15, 0.2) is 35.1 Å². The third kappa shape index (κ3) is 3.78. The van der Waals surface area contributed by atoms with Crippen LogP contribution in [0.1, 0.15) is 5.56 Å². The molecule has 6 nitrogen and oxygen atoms in total. The molecule has 3 N–H and O–H groups in total. The van der Waals surface area contributed by atoms with Crippen LogP contribution in [0.2, 0.25) is 0 Å². The molecule has 0 aliphatic carbocycles. The third-order valence-electron chi connectivity index (χ3n) is 2.36. The minimum absolute atomic E-state index is 0.278. The van der Waals surface area contributed by atoms with Gasteiger partial charge in [0.15, 0.2) is 5.82 Å². The minimum atomic E-state index is -0.413. The highest BCUT2D eigenvalue weighted by Crippen LogP contribution is 2.17. The van der Waals surface area contributed by atoms with Crippen molar-refractivity contribution in [3.63, 3.8) is 0 Å². The molecule has 0 fully saturated rings. The predicted molar refractivity (Wildman–Crippen MR) is 81.4 cm³/mol. The summed E-state index contributed by atoms with van der Waals surface area (Å²) in [5.74, 6) is 0.278. The van der Waals surface area contributed by atoms with Gasteiger partial charge in [0.1, 0.15) is 0 Å². The van der Waals surface area contributed by atoms with Gasteiger partial charge >= 0.3 is 6.03 Å². The maximum Gasteiger partial charge on any atom is 0.324 e. The number of halogens is 1. The molecular formula is C12H11IN4O2. The Morgan fingerprint density at radius 3 is 2.68 bits per heavy atom. The van der Waals surface area contributed by atoms with Crippen molar-refractivity contribution in [2.45, 2.75) is 6.92 Å². The van der Waals surface area contributed by atoms with Crippen molar-refractivity contribution in [3.05, 3.63) is 49.8 Å². The molecule has 0 atom stereocenters. The summed E-state index contributed by atoms with van der Waals surface area (Å²) >= 11 is 2.21. The van der Waals surface area contributed by atoms with Gasteiger partial charge in [-0.05, 0) is 59.3 Å². The molecule has 1 heterocycles. The van der Waals surface area contributed by atoms with Crippen LogP contribution in [-0.4, -0.2) is 16.2 Å². The van der Waals surface area contributed by atoms with Gasteiger partial charge in [0.05, 0.1) is 0 Å². The number of hydrogen-bond donors (Lipinski definition) is 3. The monoisotopic (exact) mass is 370 g/mol. The lowest BCUT2D eigenvalue weighted by atomic mass is 10.2. The molecule has 0 saturated heterocycles. The van der Waals surface area contributed by atoms with Crippen molar-refractivity contribution in [1.82, 2.24) is 10.2 Å². The molecule has 1 aromatic heterocycles. The van der Waals surface area contributed by atoms with Gasteiger partial charge < -0.3 is 5.32 Å². The van der Waals surface area contributed by atoms with Crippen molar-refractivity contribution >= 4 is 40.1 Å². The smallest absolute Gasteiger partial charge is 0.307 e. The molecule has 2 amide bonds. The zero-order chi connectivity index (χ0) is 13.8. The second-order valence-electron chi connectivity index (χ2n) is 3.84. The summed E-state index contributed by atoms with van der Waals surface area (Å²) < 4.78 is 1.10. The van der Waals surface area contributed by atoms with Crippen LogP contribution in [0.5, 0.6) is 0 Å². The van der Waals surface area contributed by atoms with Gasteiger partial charge in [0.25, 0.3) is 5.56 Å². The second kappa shape index (κ2) is 5.83. The molecule has 2 aromatic rings. The Morgan fingerprint density at radius 2 is 2.05 bits per heavy atom. The Bertz CT molecular complexity index is 649. The number of urea groups is 1. The van der Waals surface area contributed by atoms with Crippen molar-refractivity contribution in [2.24, 2.45) is 0 Å². The maximum absolute atomic E-state index is 11.7. The number of aromatic nitrogens is 2. The van der Waals surface area contributed by atoms with Crippen LogP contribution in [0.3, 0.4) is 0 Å². The van der Waals surface area contributed by atoms with E-state index in [1.165, 1.54) is 12.1 Å². The lowest BCUT2D eigenvalue weighted by molar-refractivity contribution is 0.262. The van der Waals surface area contributed by atoms with Gasteiger partial charge in [-0.25, -0.2) is 9.89 Å². The van der Waals surface area contributed by atoms with E-state index in [-0.39, 0.29) is 11.4 Å². The number of hydrogen-bond acceptors (Lipinski definition) is 3. The molecule has 2 rings (SSSR count). The van der Waals surface area contributed by atoms with Crippen molar-refractivity contribution in [2.75, 3.05) is 10.6 Å². The summed E-state index contributed by atoms with van der Waals surface area (Å²) in [6.45, 7) is 1.91. The largest absolute Gasteiger partial charge is 0.324 e. The standard InChI is InChI=1S/C12H11IN4O2/c1-7-6-8(13)2-3-9(7)14-12(19)15-10-4-5-11(18)17-16-10/h2-6H,1H3,(H,17,18)(H2,14,15,16,19). The molecule has 19 heavy (non-hydrogen) atoms. The fourth-order valence-electron chi connectivity index (χ4n) is 1.45. The Balaban J connectivity index is 2.05. The number of nitrogens with zero attached hydrogens (tertiary/aromatic N) is 1. The average molecular weight is 370 g/mol. The molecule has 0 unspecified atom stereocenters. The quantitative estimate of drug-likeness (QED) is 0.710. The summed E-state index contributed by atoms with van der Waals surface area (Å²) in [5, 5.41) is 11.2. The average Bonchev–Trinajstić information content (AvgIpc) is 2.36. The maximum atomic E-state index is 11.7. The second-order valence-corrected chi connectivity index (χ2v) is 5.09. The summed E-state index contributed by atoms with van der Waals surface area (Å²) in [6.07, 6.45) is 0. The number of aromatic amines is 1. The number of H-pyrrole nitrogens is 1. The van der Waals surface area contributed by atoms with Gasteiger partial charge in [0, 0.05) is 15.3 Å². The zero-order valence-electron chi connectivity index (χ0n) is 10.0. The Morgan fingerprint density at radius 1 is 1.26 bits per heavy atom. The molecule has 7 heteroatoms. The lowest BCUT2D eigenvalue weighted by Crippen LogP contribution is -2.21. The van der Waals surface area contributed by atoms with Crippen LogP contribution >= 0.6 is 22.6 Å². The van der Waals surface area contributed by atoms with E-state index >= 15 is 0 Å². The first kappa shape index (κ1) is 13.5. The van der Waals surface area contributed by atoms with Crippen molar-refractivity contribution in [1.29, 1.82) is 0 Å². The van der Waals surface area contributed by atoms with Gasteiger partial charge in [-0.15, -0.1) is 0 Å². The number of benzene rings is 1. The molecule has 0 radical (unpaired) electrons. The first-order valence-corrected chi connectivity index (χ1v) is 6.52. The van der Waals surface area contributed by atoms with E-state index in [9.17, 15) is 9.59 Å². The van der Waals surface area contributed by atoms with E-state index in [0.717, 1.165) is 14.8 Å². The fourth-order valence-corrected chi connectivity index (χ4v) is 2.10. The van der Waals surface area contributed by atoms with E-state index in [4.69, 9.17) is 0 Å². The number of rotatable bonds is 2. The summed E-state index contributed by atoms with van der Waals surface area (Å²) in [6, 6.07) is 8.01. The molecule has 98 valence electrons. The normalized spacial score (nSPS) is 10.0. The van der Waals surface area contributed by atoms with E-state index in [1.807, 2.05) is 25.1 Å². The Labute approximate surface area is 122 Å². The van der Waals surface area contributed by atoms with E-state index in [1.54, 1.807) is 0 Å². The predicted octanol–water partition coefficient (Wildman–Crippen LogP) is 2.33. The topological polar surface area (TPSA) is 86.9 Å². The van der Waals surface area contributed by atoms with Crippen molar-refractivity contribution in [3.8, 4) is 0 Å². The van der Waals surface area contributed by atoms with Crippen LogP contribution in [0.4, 0.5) is 16.3 Å². The Kier molecular flexibility index (Phi) is 4.15. The minimum Gasteiger partial charge on any atom is -0.307 e. The number of aryl methyl sites for hydroxylation is 1. The van der Waals surface area contributed by atoms with Gasteiger partial charge in [-0.3, -0.25) is 10.1 Å².